The van der Waals surface area contributed by atoms with E-state index in [9.17, 15) is 4.79 Å². The van der Waals surface area contributed by atoms with Crippen molar-refractivity contribution in [2.24, 2.45) is 11.7 Å². The number of hydrogen-bond donors (Lipinski definition) is 2. The second-order valence-corrected chi connectivity index (χ2v) is 5.59. The normalized spacial score (nSPS) is 17.5. The molecule has 110 valence electrons. The van der Waals surface area contributed by atoms with Crippen molar-refractivity contribution >= 4 is 5.91 Å². The van der Waals surface area contributed by atoms with Gasteiger partial charge in [-0.05, 0) is 50.3 Å². The molecule has 0 bridgehead atoms. The quantitative estimate of drug-likeness (QED) is 0.763. The lowest BCUT2D eigenvalue weighted by Crippen LogP contribution is -2.61. The molecule has 1 fully saturated rings. The van der Waals surface area contributed by atoms with Crippen LogP contribution < -0.4 is 15.8 Å². The number of nitrogens with two attached hydrogens (primary N) is 1. The van der Waals surface area contributed by atoms with Crippen molar-refractivity contribution in [2.75, 3.05) is 13.2 Å². The molecule has 1 aromatic rings. The van der Waals surface area contributed by atoms with Crippen molar-refractivity contribution in [2.45, 2.75) is 38.6 Å². The molecule has 0 aromatic heterocycles. The van der Waals surface area contributed by atoms with Crippen molar-refractivity contribution in [1.29, 1.82) is 0 Å². The summed E-state index contributed by atoms with van der Waals surface area (Å²) >= 11 is 0. The Morgan fingerprint density at radius 1 is 1.45 bits per heavy atom. The number of ether oxygens (including phenoxy) is 1. The van der Waals surface area contributed by atoms with Gasteiger partial charge in [0.1, 0.15) is 17.9 Å². The summed E-state index contributed by atoms with van der Waals surface area (Å²) in [6.07, 6.45) is 3.04. The number of carbonyl (C=O) groups is 1. The van der Waals surface area contributed by atoms with Crippen LogP contribution in [0, 0.1) is 12.8 Å². The smallest absolute Gasteiger partial charge is 0.241 e. The first-order valence-corrected chi connectivity index (χ1v) is 7.33. The number of rotatable bonds is 8. The molecule has 0 aliphatic heterocycles. The van der Waals surface area contributed by atoms with Crippen LogP contribution in [0.3, 0.4) is 0 Å². The molecule has 1 aromatic carbocycles. The van der Waals surface area contributed by atoms with Gasteiger partial charge < -0.3 is 15.8 Å². The lowest BCUT2D eigenvalue weighted by molar-refractivity contribution is -0.126. The zero-order chi connectivity index (χ0) is 14.6. The minimum absolute atomic E-state index is 0.301. The maximum atomic E-state index is 12.0. The molecule has 1 atom stereocenters. The van der Waals surface area contributed by atoms with Gasteiger partial charge in [0, 0.05) is 0 Å². The molecule has 3 N–H and O–H groups in total. The van der Waals surface area contributed by atoms with E-state index in [0.717, 1.165) is 37.1 Å². The van der Waals surface area contributed by atoms with Crippen LogP contribution in [-0.4, -0.2) is 24.6 Å². The lowest BCUT2D eigenvalue weighted by atomic mass is 9.93. The number of nitrogens with one attached hydrogen (secondary N) is 1. The predicted octanol–water partition coefficient (Wildman–Crippen LogP) is 2.01. The van der Waals surface area contributed by atoms with Gasteiger partial charge in [0.05, 0.1) is 0 Å². The molecule has 0 spiro atoms. The highest BCUT2D eigenvalue weighted by atomic mass is 16.5. The van der Waals surface area contributed by atoms with Gasteiger partial charge in [0.15, 0.2) is 0 Å². The molecule has 0 heterocycles. The second-order valence-electron chi connectivity index (χ2n) is 5.59. The summed E-state index contributed by atoms with van der Waals surface area (Å²) in [5.74, 6) is 0.815. The highest BCUT2D eigenvalue weighted by molar-refractivity contribution is 5.85. The van der Waals surface area contributed by atoms with E-state index in [2.05, 4.69) is 12.2 Å². The number of para-hydroxylation sites is 1. The van der Waals surface area contributed by atoms with Crippen LogP contribution in [-0.2, 0) is 4.79 Å². The summed E-state index contributed by atoms with van der Waals surface area (Å²) in [6, 6.07) is 7.83. The van der Waals surface area contributed by atoms with E-state index in [1.165, 1.54) is 0 Å². The van der Waals surface area contributed by atoms with Crippen LogP contribution >= 0.6 is 0 Å². The van der Waals surface area contributed by atoms with E-state index in [1.54, 1.807) is 0 Å². The topological polar surface area (TPSA) is 64.3 Å². The Labute approximate surface area is 120 Å². The predicted molar refractivity (Wildman–Crippen MR) is 79.6 cm³/mol. The maximum absolute atomic E-state index is 12.0. The zero-order valence-electron chi connectivity index (χ0n) is 12.3. The van der Waals surface area contributed by atoms with Crippen LogP contribution in [0.15, 0.2) is 24.3 Å². The van der Waals surface area contributed by atoms with Crippen molar-refractivity contribution in [3.63, 3.8) is 0 Å². The maximum Gasteiger partial charge on any atom is 0.241 e. The van der Waals surface area contributed by atoms with Gasteiger partial charge in [-0.2, -0.15) is 0 Å². The molecule has 1 unspecified atom stereocenters. The fourth-order valence-corrected chi connectivity index (χ4v) is 2.51. The van der Waals surface area contributed by atoms with Crippen LogP contribution in [0.4, 0.5) is 0 Å². The Balaban J connectivity index is 2.11. The van der Waals surface area contributed by atoms with Gasteiger partial charge in [0.2, 0.25) is 5.91 Å². The van der Waals surface area contributed by atoms with Gasteiger partial charge in [-0.3, -0.25) is 4.79 Å². The Morgan fingerprint density at radius 2 is 2.15 bits per heavy atom. The van der Waals surface area contributed by atoms with Gasteiger partial charge in [-0.25, -0.2) is 0 Å². The van der Waals surface area contributed by atoms with Crippen LogP contribution in [0.25, 0.3) is 0 Å². The standard InChI is InChI=1S/C16H24N2O2/c1-3-10-18-16(15(17)19,13-8-9-13)11-20-14-7-5-4-6-12(14)2/h4-7,13,18H,3,8-11H2,1-2H3,(H2,17,19). The van der Waals surface area contributed by atoms with Crippen molar-refractivity contribution in [3.8, 4) is 5.75 Å². The van der Waals surface area contributed by atoms with E-state index in [-0.39, 0.29) is 5.91 Å². The third kappa shape index (κ3) is 3.12. The largest absolute Gasteiger partial charge is 0.491 e. The number of amides is 1. The van der Waals surface area contributed by atoms with Crippen molar-refractivity contribution in [3.05, 3.63) is 29.8 Å². The summed E-state index contributed by atoms with van der Waals surface area (Å²) in [7, 11) is 0. The van der Waals surface area contributed by atoms with Gasteiger partial charge >= 0.3 is 0 Å². The number of primary amides is 1. The Kier molecular flexibility index (Phi) is 4.65. The van der Waals surface area contributed by atoms with E-state index in [4.69, 9.17) is 10.5 Å². The lowest BCUT2D eigenvalue weighted by Gasteiger charge is -2.32. The van der Waals surface area contributed by atoms with Gasteiger partial charge in [-0.1, -0.05) is 25.1 Å². The molecule has 0 saturated heterocycles. The summed E-state index contributed by atoms with van der Waals surface area (Å²) in [5.41, 5.74) is 6.02. The SMILES string of the molecule is CCCNC(COc1ccccc1C)(C(N)=O)C1CC1. The summed E-state index contributed by atoms with van der Waals surface area (Å²) < 4.78 is 5.90. The molecule has 1 aliphatic carbocycles. The fourth-order valence-electron chi connectivity index (χ4n) is 2.51. The molecular weight excluding hydrogens is 252 g/mol. The Hall–Kier alpha value is -1.55. The third-order valence-electron chi connectivity index (χ3n) is 3.95. The van der Waals surface area contributed by atoms with Crippen LogP contribution in [0.1, 0.15) is 31.7 Å². The zero-order valence-corrected chi connectivity index (χ0v) is 12.3. The van der Waals surface area contributed by atoms with E-state index >= 15 is 0 Å². The first-order chi connectivity index (χ1) is 9.60. The van der Waals surface area contributed by atoms with Crippen LogP contribution in [0.2, 0.25) is 0 Å². The first kappa shape index (κ1) is 14.9. The minimum atomic E-state index is -0.724. The number of hydrogen-bond acceptors (Lipinski definition) is 3. The van der Waals surface area contributed by atoms with E-state index in [1.807, 2.05) is 31.2 Å². The third-order valence-corrected chi connectivity index (χ3v) is 3.95. The summed E-state index contributed by atoms with van der Waals surface area (Å²) in [4.78, 5) is 12.0. The molecule has 1 saturated carbocycles. The van der Waals surface area contributed by atoms with Gasteiger partial charge in [-0.15, -0.1) is 0 Å². The first-order valence-electron chi connectivity index (χ1n) is 7.33. The number of carbonyl (C=O) groups excluding carboxylic acids is 1. The molecule has 4 heteroatoms. The Bertz CT molecular complexity index is 471. The van der Waals surface area contributed by atoms with E-state index in [0.29, 0.717) is 12.5 Å². The monoisotopic (exact) mass is 276 g/mol. The highest BCUT2D eigenvalue weighted by Crippen LogP contribution is 2.40. The molecule has 4 nitrogen and oxygen atoms in total. The van der Waals surface area contributed by atoms with Crippen molar-refractivity contribution < 1.29 is 9.53 Å². The number of benzene rings is 1. The molecule has 20 heavy (non-hydrogen) atoms. The van der Waals surface area contributed by atoms with E-state index < -0.39 is 5.54 Å². The summed E-state index contributed by atoms with van der Waals surface area (Å²) in [6.45, 7) is 5.15. The minimum Gasteiger partial charge on any atom is -0.491 e. The average molecular weight is 276 g/mol. The number of aryl methyl sites for hydroxylation is 1. The molecule has 1 aliphatic rings. The van der Waals surface area contributed by atoms with Gasteiger partial charge in [0.25, 0.3) is 0 Å². The molecule has 1 amide bonds. The molecule has 0 radical (unpaired) electrons. The summed E-state index contributed by atoms with van der Waals surface area (Å²) in [5, 5.41) is 3.33. The molecular formula is C16H24N2O2. The van der Waals surface area contributed by atoms with Crippen LogP contribution in [0.5, 0.6) is 5.75 Å². The average Bonchev–Trinajstić information content (AvgIpc) is 3.25. The fraction of sp³-hybridized carbons (Fsp3) is 0.562. The molecule has 2 rings (SSSR count). The Morgan fingerprint density at radius 3 is 2.70 bits per heavy atom. The highest BCUT2D eigenvalue weighted by Gasteiger charge is 2.50. The second kappa shape index (κ2) is 6.27. The van der Waals surface area contributed by atoms with Crippen molar-refractivity contribution in [1.82, 2.24) is 5.32 Å².